The Morgan fingerprint density at radius 3 is 2.71 bits per heavy atom. The van der Waals surface area contributed by atoms with Crippen molar-refractivity contribution in [2.24, 2.45) is 11.8 Å². The molecule has 2 unspecified atom stereocenters. The molecular weight excluding hydrogens is 220 g/mol. The van der Waals surface area contributed by atoms with Crippen molar-refractivity contribution in [3.63, 3.8) is 0 Å². The zero-order chi connectivity index (χ0) is 13.1. The van der Waals surface area contributed by atoms with Gasteiger partial charge >= 0.3 is 6.09 Å². The number of aliphatic hydroxyl groups is 1. The molecule has 1 heterocycles. The largest absolute Gasteiger partial charge is 0.444 e. The Balaban J connectivity index is 2.58. The molecule has 0 aliphatic carbocycles. The number of amides is 1. The van der Waals surface area contributed by atoms with Gasteiger partial charge in [-0.2, -0.15) is 5.26 Å². The summed E-state index contributed by atoms with van der Waals surface area (Å²) in [6, 6.07) is 2.14. The van der Waals surface area contributed by atoms with Crippen LogP contribution < -0.4 is 0 Å². The number of aliphatic hydroxyl groups excluding tert-OH is 1. The van der Waals surface area contributed by atoms with Gasteiger partial charge in [0.15, 0.2) is 0 Å². The van der Waals surface area contributed by atoms with Crippen LogP contribution in [-0.2, 0) is 4.74 Å². The number of likely N-dealkylation sites (tertiary alicyclic amines) is 1. The molecule has 96 valence electrons. The molecule has 0 spiro atoms. The highest BCUT2D eigenvalue weighted by atomic mass is 16.6. The average Bonchev–Trinajstić information content (AvgIpc) is 2.25. The van der Waals surface area contributed by atoms with Crippen LogP contribution in [0.2, 0.25) is 0 Å². The third kappa shape index (κ3) is 3.90. The van der Waals surface area contributed by atoms with Crippen LogP contribution in [-0.4, -0.2) is 41.4 Å². The van der Waals surface area contributed by atoms with Crippen LogP contribution in [0, 0.1) is 23.2 Å². The zero-order valence-corrected chi connectivity index (χ0v) is 10.6. The van der Waals surface area contributed by atoms with Gasteiger partial charge in [-0.1, -0.05) is 0 Å². The molecule has 0 radical (unpaired) electrons. The lowest BCUT2D eigenvalue weighted by atomic mass is 9.87. The van der Waals surface area contributed by atoms with Crippen molar-refractivity contribution < 1.29 is 14.6 Å². The number of carbonyl (C=O) groups excluding carboxylic acids is 1. The summed E-state index contributed by atoms with van der Waals surface area (Å²) in [7, 11) is 0. The first-order valence-electron chi connectivity index (χ1n) is 5.86. The van der Waals surface area contributed by atoms with Crippen LogP contribution in [0.5, 0.6) is 0 Å². The van der Waals surface area contributed by atoms with Crippen molar-refractivity contribution in [1.29, 1.82) is 5.26 Å². The van der Waals surface area contributed by atoms with Crippen LogP contribution in [0.15, 0.2) is 0 Å². The lowest BCUT2D eigenvalue weighted by Gasteiger charge is -2.35. The number of nitriles is 1. The molecule has 1 fully saturated rings. The molecule has 0 aromatic carbocycles. The Morgan fingerprint density at radius 2 is 2.24 bits per heavy atom. The average molecular weight is 240 g/mol. The predicted molar refractivity (Wildman–Crippen MR) is 62.1 cm³/mol. The van der Waals surface area contributed by atoms with Crippen LogP contribution in [0.4, 0.5) is 4.79 Å². The quantitative estimate of drug-likeness (QED) is 0.751. The van der Waals surface area contributed by atoms with Gasteiger partial charge in [0.2, 0.25) is 0 Å². The first kappa shape index (κ1) is 13.8. The normalized spacial score (nSPS) is 25.2. The molecule has 5 heteroatoms. The number of piperidine rings is 1. The lowest BCUT2D eigenvalue weighted by molar-refractivity contribution is 0.0103. The Kier molecular flexibility index (Phi) is 4.35. The van der Waals surface area contributed by atoms with E-state index in [-0.39, 0.29) is 24.5 Å². The van der Waals surface area contributed by atoms with E-state index in [0.717, 1.165) is 0 Å². The highest BCUT2D eigenvalue weighted by molar-refractivity contribution is 5.68. The van der Waals surface area contributed by atoms with Crippen molar-refractivity contribution in [2.75, 3.05) is 19.7 Å². The van der Waals surface area contributed by atoms with E-state index in [1.165, 1.54) is 0 Å². The molecule has 17 heavy (non-hydrogen) atoms. The van der Waals surface area contributed by atoms with E-state index < -0.39 is 5.60 Å². The number of hydrogen-bond acceptors (Lipinski definition) is 4. The summed E-state index contributed by atoms with van der Waals surface area (Å²) < 4.78 is 5.25. The monoisotopic (exact) mass is 240 g/mol. The van der Waals surface area contributed by atoms with Crippen LogP contribution in [0.1, 0.15) is 27.2 Å². The highest BCUT2D eigenvalue weighted by Crippen LogP contribution is 2.24. The van der Waals surface area contributed by atoms with Gasteiger partial charge in [0.05, 0.1) is 12.0 Å². The van der Waals surface area contributed by atoms with Crippen LogP contribution in [0.25, 0.3) is 0 Å². The molecule has 2 atom stereocenters. The first-order valence-corrected chi connectivity index (χ1v) is 5.86. The van der Waals surface area contributed by atoms with E-state index in [2.05, 4.69) is 6.07 Å². The van der Waals surface area contributed by atoms with E-state index in [4.69, 9.17) is 15.1 Å². The zero-order valence-electron chi connectivity index (χ0n) is 10.6. The maximum Gasteiger partial charge on any atom is 0.410 e. The SMILES string of the molecule is CC(C)(C)OC(=O)N1CCC(CO)C(C#N)C1. The van der Waals surface area contributed by atoms with Crippen molar-refractivity contribution in [3.05, 3.63) is 0 Å². The summed E-state index contributed by atoms with van der Waals surface area (Å²) in [4.78, 5) is 13.3. The third-order valence-corrected chi connectivity index (χ3v) is 2.81. The lowest BCUT2D eigenvalue weighted by Crippen LogP contribution is -2.46. The van der Waals surface area contributed by atoms with E-state index in [1.54, 1.807) is 4.90 Å². The molecule has 1 saturated heterocycles. The predicted octanol–water partition coefficient (Wildman–Crippen LogP) is 1.38. The molecule has 0 saturated carbocycles. The van der Waals surface area contributed by atoms with Crippen molar-refractivity contribution in [3.8, 4) is 6.07 Å². The second kappa shape index (κ2) is 5.37. The van der Waals surface area contributed by atoms with E-state index in [0.29, 0.717) is 19.5 Å². The number of carbonyl (C=O) groups is 1. The molecule has 1 aliphatic rings. The van der Waals surface area contributed by atoms with E-state index >= 15 is 0 Å². The van der Waals surface area contributed by atoms with Crippen LogP contribution >= 0.6 is 0 Å². The topological polar surface area (TPSA) is 73.6 Å². The summed E-state index contributed by atoms with van der Waals surface area (Å²) in [5.41, 5.74) is -0.521. The van der Waals surface area contributed by atoms with Gasteiger partial charge in [0, 0.05) is 25.6 Å². The Labute approximate surface area is 102 Å². The maximum absolute atomic E-state index is 11.8. The molecular formula is C12H20N2O3. The van der Waals surface area contributed by atoms with Crippen molar-refractivity contribution in [1.82, 2.24) is 4.90 Å². The van der Waals surface area contributed by atoms with Gasteiger partial charge < -0.3 is 14.7 Å². The van der Waals surface area contributed by atoms with Gasteiger partial charge in [0.1, 0.15) is 5.60 Å². The summed E-state index contributed by atoms with van der Waals surface area (Å²) in [5.74, 6) is -0.333. The minimum absolute atomic E-state index is 0.000382. The Bertz CT molecular complexity index is 317. The second-order valence-corrected chi connectivity index (χ2v) is 5.39. The fourth-order valence-corrected chi connectivity index (χ4v) is 1.86. The molecule has 5 nitrogen and oxygen atoms in total. The van der Waals surface area contributed by atoms with Crippen LogP contribution in [0.3, 0.4) is 0 Å². The van der Waals surface area contributed by atoms with Crippen molar-refractivity contribution >= 4 is 6.09 Å². The summed E-state index contributed by atoms with van der Waals surface area (Å²) >= 11 is 0. The molecule has 0 aromatic rings. The summed E-state index contributed by atoms with van der Waals surface area (Å²) in [6.45, 7) is 6.32. The second-order valence-electron chi connectivity index (χ2n) is 5.39. The Hall–Kier alpha value is -1.28. The fourth-order valence-electron chi connectivity index (χ4n) is 1.86. The Morgan fingerprint density at radius 1 is 1.59 bits per heavy atom. The summed E-state index contributed by atoms with van der Waals surface area (Å²) in [5, 5.41) is 18.1. The van der Waals surface area contributed by atoms with Gasteiger partial charge in [-0.15, -0.1) is 0 Å². The molecule has 1 amide bonds. The number of rotatable bonds is 1. The fraction of sp³-hybridized carbons (Fsp3) is 0.833. The van der Waals surface area contributed by atoms with E-state index in [9.17, 15) is 4.79 Å². The molecule has 0 bridgehead atoms. The van der Waals surface area contributed by atoms with E-state index in [1.807, 2.05) is 20.8 Å². The maximum atomic E-state index is 11.8. The molecule has 0 aromatic heterocycles. The smallest absolute Gasteiger partial charge is 0.410 e. The molecule has 1 rings (SSSR count). The third-order valence-electron chi connectivity index (χ3n) is 2.81. The number of hydrogen-bond donors (Lipinski definition) is 1. The standard InChI is InChI=1S/C12H20N2O3/c1-12(2,3)17-11(16)14-5-4-9(8-15)10(6-13)7-14/h9-10,15H,4-5,7-8H2,1-3H3. The van der Waals surface area contributed by atoms with Crippen molar-refractivity contribution in [2.45, 2.75) is 32.8 Å². The molecule has 1 N–H and O–H groups in total. The minimum Gasteiger partial charge on any atom is -0.444 e. The van der Waals surface area contributed by atoms with Gasteiger partial charge in [-0.3, -0.25) is 0 Å². The highest BCUT2D eigenvalue weighted by Gasteiger charge is 2.33. The number of nitrogens with zero attached hydrogens (tertiary/aromatic N) is 2. The minimum atomic E-state index is -0.521. The first-order chi connectivity index (χ1) is 7.87. The van der Waals surface area contributed by atoms with Gasteiger partial charge in [-0.25, -0.2) is 4.79 Å². The van der Waals surface area contributed by atoms with Gasteiger partial charge in [-0.05, 0) is 27.2 Å². The number of ether oxygens (including phenoxy) is 1. The summed E-state index contributed by atoms with van der Waals surface area (Å²) in [6.07, 6.45) is 0.266. The van der Waals surface area contributed by atoms with Gasteiger partial charge in [0.25, 0.3) is 0 Å². The molecule has 1 aliphatic heterocycles.